The van der Waals surface area contributed by atoms with Crippen molar-refractivity contribution in [1.82, 2.24) is 15.0 Å². The third-order valence-corrected chi connectivity index (χ3v) is 8.94. The van der Waals surface area contributed by atoms with Crippen LogP contribution in [0, 0.1) is 5.92 Å². The lowest BCUT2D eigenvalue weighted by Gasteiger charge is -2.41. The fourth-order valence-electron chi connectivity index (χ4n) is 5.65. The Labute approximate surface area is 229 Å². The van der Waals surface area contributed by atoms with Gasteiger partial charge in [0.2, 0.25) is 5.95 Å². The standard InChI is InChI=1S/C28H37FN6O3S/c1-5-28(29)17-34(11-9-24(28)36)27-30-10-8-25(33-27)32-26-12-21-20(18(2)3)6-7-23(22(21)13-31-26)35-14-19(15-35)16-39(4,37)38/h6-8,10,12-13,18-19,24,36H,5,9,11,14-17H2,1-4H3,(H,30,31,32,33)/t24-,28+/m1/s1. The Morgan fingerprint density at radius 2 is 1.92 bits per heavy atom. The van der Waals surface area contributed by atoms with Crippen LogP contribution in [-0.4, -0.2) is 78.4 Å². The minimum absolute atomic E-state index is 0.0460. The van der Waals surface area contributed by atoms with E-state index in [4.69, 9.17) is 0 Å². The molecule has 1 aromatic carbocycles. The zero-order valence-electron chi connectivity index (χ0n) is 22.9. The number of pyridine rings is 1. The average molecular weight is 557 g/mol. The molecule has 2 aromatic heterocycles. The summed E-state index contributed by atoms with van der Waals surface area (Å²) in [6.45, 7) is 7.99. The molecule has 11 heteroatoms. The molecule has 5 rings (SSSR count). The number of anilines is 4. The number of aliphatic hydroxyl groups is 1. The van der Waals surface area contributed by atoms with Crippen molar-refractivity contribution in [2.45, 2.75) is 51.3 Å². The summed E-state index contributed by atoms with van der Waals surface area (Å²) in [5.41, 5.74) is 0.568. The van der Waals surface area contributed by atoms with E-state index in [-0.39, 0.29) is 24.6 Å². The monoisotopic (exact) mass is 556 g/mol. The number of alkyl halides is 1. The molecule has 0 amide bonds. The maximum atomic E-state index is 15.1. The van der Waals surface area contributed by atoms with Gasteiger partial charge in [0.25, 0.3) is 0 Å². The number of fused-ring (bicyclic) bond motifs is 1. The van der Waals surface area contributed by atoms with Gasteiger partial charge in [-0.25, -0.2) is 22.8 Å². The first kappa shape index (κ1) is 27.5. The summed E-state index contributed by atoms with van der Waals surface area (Å²) in [4.78, 5) is 17.6. The van der Waals surface area contributed by atoms with Crippen LogP contribution in [-0.2, 0) is 9.84 Å². The third-order valence-electron chi connectivity index (χ3n) is 7.86. The summed E-state index contributed by atoms with van der Waals surface area (Å²) in [5, 5.41) is 15.5. The molecule has 0 saturated carbocycles. The summed E-state index contributed by atoms with van der Waals surface area (Å²) in [7, 11) is -3.00. The minimum Gasteiger partial charge on any atom is -0.390 e. The lowest BCUT2D eigenvalue weighted by Crippen LogP contribution is -2.54. The molecule has 2 saturated heterocycles. The number of aliphatic hydroxyl groups excluding tert-OH is 1. The van der Waals surface area contributed by atoms with Crippen molar-refractivity contribution < 1.29 is 17.9 Å². The SMILES string of the molecule is CC[C@]1(F)CN(c2nccc(Nc3cc4c(C(C)C)ccc(N5CC(CS(C)(=O)=O)C5)c4cn3)n2)CC[C@H]1O. The van der Waals surface area contributed by atoms with Crippen LogP contribution >= 0.6 is 0 Å². The Morgan fingerprint density at radius 3 is 2.62 bits per heavy atom. The van der Waals surface area contributed by atoms with Gasteiger partial charge in [0.15, 0.2) is 5.67 Å². The number of nitrogens with one attached hydrogen (secondary N) is 1. The van der Waals surface area contributed by atoms with Crippen LogP contribution in [0.2, 0.25) is 0 Å². The summed E-state index contributed by atoms with van der Waals surface area (Å²) in [5.74, 6) is 2.24. The highest BCUT2D eigenvalue weighted by Gasteiger charge is 2.42. The Morgan fingerprint density at radius 1 is 1.15 bits per heavy atom. The number of aromatic nitrogens is 3. The zero-order chi connectivity index (χ0) is 27.9. The van der Waals surface area contributed by atoms with Crippen LogP contribution in [0.1, 0.15) is 45.1 Å². The van der Waals surface area contributed by atoms with Crippen molar-refractivity contribution in [3.05, 3.63) is 42.2 Å². The van der Waals surface area contributed by atoms with Gasteiger partial charge in [-0.1, -0.05) is 26.8 Å². The van der Waals surface area contributed by atoms with Crippen LogP contribution in [0.25, 0.3) is 10.8 Å². The van der Waals surface area contributed by atoms with Gasteiger partial charge in [-0.2, -0.15) is 4.98 Å². The van der Waals surface area contributed by atoms with Gasteiger partial charge in [-0.05, 0) is 47.9 Å². The first-order valence-corrected chi connectivity index (χ1v) is 15.6. The second-order valence-corrected chi connectivity index (χ2v) is 13.5. The van der Waals surface area contributed by atoms with Crippen LogP contribution < -0.4 is 15.1 Å². The van der Waals surface area contributed by atoms with Gasteiger partial charge in [-0.15, -0.1) is 0 Å². The van der Waals surface area contributed by atoms with E-state index in [1.807, 2.05) is 12.3 Å². The van der Waals surface area contributed by atoms with E-state index in [2.05, 4.69) is 51.1 Å². The molecular formula is C28H37FN6O3S. The van der Waals surface area contributed by atoms with Gasteiger partial charge in [-0.3, -0.25) is 0 Å². The summed E-state index contributed by atoms with van der Waals surface area (Å²) in [6.07, 6.45) is 4.34. The van der Waals surface area contributed by atoms with Crippen molar-refractivity contribution in [3.63, 3.8) is 0 Å². The van der Waals surface area contributed by atoms with E-state index < -0.39 is 21.6 Å². The fraction of sp³-hybridized carbons (Fsp3) is 0.536. The number of hydrogen-bond donors (Lipinski definition) is 2. The highest BCUT2D eigenvalue weighted by Crippen LogP contribution is 2.37. The molecule has 0 radical (unpaired) electrons. The number of halogens is 1. The fourth-order valence-corrected chi connectivity index (χ4v) is 6.72. The molecule has 3 aromatic rings. The molecule has 210 valence electrons. The van der Waals surface area contributed by atoms with E-state index in [9.17, 15) is 13.5 Å². The predicted octanol–water partition coefficient (Wildman–Crippen LogP) is 4.06. The molecule has 2 atom stereocenters. The van der Waals surface area contributed by atoms with E-state index in [1.54, 1.807) is 24.1 Å². The van der Waals surface area contributed by atoms with Crippen LogP contribution in [0.5, 0.6) is 0 Å². The normalized spacial score (nSPS) is 22.4. The molecule has 2 N–H and O–H groups in total. The number of hydrogen-bond acceptors (Lipinski definition) is 9. The minimum atomic E-state index is -3.00. The summed E-state index contributed by atoms with van der Waals surface area (Å²) < 4.78 is 38.5. The van der Waals surface area contributed by atoms with Crippen molar-refractivity contribution in [1.29, 1.82) is 0 Å². The van der Waals surface area contributed by atoms with Gasteiger partial charge in [0.05, 0.1) is 18.4 Å². The van der Waals surface area contributed by atoms with Gasteiger partial charge in [0.1, 0.15) is 21.5 Å². The maximum absolute atomic E-state index is 15.1. The van der Waals surface area contributed by atoms with E-state index >= 15 is 4.39 Å². The molecule has 0 spiro atoms. The smallest absolute Gasteiger partial charge is 0.227 e. The molecule has 0 unspecified atom stereocenters. The topological polar surface area (TPSA) is 112 Å². The molecule has 4 heterocycles. The van der Waals surface area contributed by atoms with Crippen LogP contribution in [0.15, 0.2) is 36.7 Å². The molecule has 2 fully saturated rings. The number of nitrogens with zero attached hydrogens (tertiary/aromatic N) is 5. The number of benzene rings is 1. The van der Waals surface area contributed by atoms with Gasteiger partial charge >= 0.3 is 0 Å². The molecular weight excluding hydrogens is 519 g/mol. The summed E-state index contributed by atoms with van der Waals surface area (Å²) in [6, 6.07) is 8.01. The number of sulfone groups is 1. The van der Waals surface area contributed by atoms with Crippen molar-refractivity contribution >= 4 is 43.9 Å². The molecule has 0 aliphatic carbocycles. The van der Waals surface area contributed by atoms with Gasteiger partial charge < -0.3 is 20.2 Å². The second-order valence-electron chi connectivity index (χ2n) is 11.3. The van der Waals surface area contributed by atoms with E-state index in [1.165, 1.54) is 11.8 Å². The summed E-state index contributed by atoms with van der Waals surface area (Å²) >= 11 is 0. The van der Waals surface area contributed by atoms with Crippen molar-refractivity contribution in [3.8, 4) is 0 Å². The van der Waals surface area contributed by atoms with Crippen molar-refractivity contribution in [2.24, 2.45) is 5.92 Å². The highest BCUT2D eigenvalue weighted by molar-refractivity contribution is 7.90. The maximum Gasteiger partial charge on any atom is 0.227 e. The largest absolute Gasteiger partial charge is 0.390 e. The Hall–Kier alpha value is -3.05. The Bertz CT molecular complexity index is 1460. The Kier molecular flexibility index (Phi) is 7.41. The van der Waals surface area contributed by atoms with Crippen LogP contribution in [0.4, 0.5) is 27.7 Å². The molecule has 2 aliphatic rings. The van der Waals surface area contributed by atoms with E-state index in [0.29, 0.717) is 49.6 Å². The molecule has 9 nitrogen and oxygen atoms in total. The lowest BCUT2D eigenvalue weighted by atomic mass is 9.89. The zero-order valence-corrected chi connectivity index (χ0v) is 23.7. The molecule has 2 aliphatic heterocycles. The first-order valence-electron chi connectivity index (χ1n) is 13.5. The predicted molar refractivity (Wildman–Crippen MR) is 154 cm³/mol. The lowest BCUT2D eigenvalue weighted by molar-refractivity contribution is -0.0238. The first-order chi connectivity index (χ1) is 18.5. The molecule has 39 heavy (non-hydrogen) atoms. The highest BCUT2D eigenvalue weighted by atomic mass is 32.2. The quantitative estimate of drug-likeness (QED) is 0.424. The number of rotatable bonds is 8. The van der Waals surface area contributed by atoms with Gasteiger partial charge in [0, 0.05) is 55.3 Å². The van der Waals surface area contributed by atoms with Crippen molar-refractivity contribution in [2.75, 3.05) is 53.3 Å². The number of piperidine rings is 1. The van der Waals surface area contributed by atoms with Crippen LogP contribution in [0.3, 0.4) is 0 Å². The average Bonchev–Trinajstić information content (AvgIpc) is 2.86. The van der Waals surface area contributed by atoms with E-state index in [0.717, 1.165) is 16.5 Å². The molecule has 0 bridgehead atoms. The Balaban J connectivity index is 1.39. The second kappa shape index (κ2) is 10.5. The third kappa shape index (κ3) is 5.79.